The number of hydrogen-bond donors (Lipinski definition) is 1. The van der Waals surface area contributed by atoms with Crippen LogP contribution in [0.5, 0.6) is 0 Å². The molecule has 1 aliphatic rings. The first-order valence-electron chi connectivity index (χ1n) is 5.40. The predicted molar refractivity (Wildman–Crippen MR) is 67.3 cm³/mol. The summed E-state index contributed by atoms with van der Waals surface area (Å²) < 4.78 is 0. The number of nitrogens with zero attached hydrogens (tertiary/aromatic N) is 1. The van der Waals surface area contributed by atoms with Gasteiger partial charge in [-0.05, 0) is 32.0 Å². The summed E-state index contributed by atoms with van der Waals surface area (Å²) in [7, 11) is 0. The maximum absolute atomic E-state index is 11.9. The Kier molecular flexibility index (Phi) is 3.07. The van der Waals surface area contributed by atoms with Crippen LogP contribution in [0.25, 0.3) is 0 Å². The fourth-order valence-corrected chi connectivity index (χ4v) is 2.11. The van der Waals surface area contributed by atoms with Crippen molar-refractivity contribution in [2.75, 3.05) is 10.2 Å². The van der Waals surface area contributed by atoms with Crippen LogP contribution in [0.1, 0.15) is 20.3 Å². The topological polar surface area (TPSA) is 49.4 Å². The minimum Gasteiger partial charge on any atom is -0.324 e. The molecular formula is C12H13ClN2O2. The van der Waals surface area contributed by atoms with E-state index >= 15 is 0 Å². The molecule has 0 aromatic heterocycles. The van der Waals surface area contributed by atoms with Crippen molar-refractivity contribution in [3.63, 3.8) is 0 Å². The zero-order chi connectivity index (χ0) is 12.6. The molecule has 2 amide bonds. The van der Waals surface area contributed by atoms with Crippen molar-refractivity contribution in [3.8, 4) is 0 Å². The van der Waals surface area contributed by atoms with Crippen LogP contribution in [-0.4, -0.2) is 17.9 Å². The van der Waals surface area contributed by atoms with E-state index in [1.54, 1.807) is 23.1 Å². The number of benzene rings is 1. The van der Waals surface area contributed by atoms with Gasteiger partial charge in [0.2, 0.25) is 11.8 Å². The Morgan fingerprint density at radius 2 is 2.06 bits per heavy atom. The van der Waals surface area contributed by atoms with Gasteiger partial charge in [0.25, 0.3) is 0 Å². The molecular weight excluding hydrogens is 240 g/mol. The third-order valence-corrected chi connectivity index (χ3v) is 2.82. The van der Waals surface area contributed by atoms with Gasteiger partial charge in [0.15, 0.2) is 0 Å². The average molecular weight is 253 g/mol. The second kappa shape index (κ2) is 4.37. The average Bonchev–Trinajstić information content (AvgIpc) is 2.31. The number of amides is 2. The second-order valence-corrected chi connectivity index (χ2v) is 4.68. The quantitative estimate of drug-likeness (QED) is 0.781. The fourth-order valence-electron chi connectivity index (χ4n) is 1.94. The van der Waals surface area contributed by atoms with Crippen molar-refractivity contribution < 1.29 is 9.59 Å². The molecule has 17 heavy (non-hydrogen) atoms. The molecule has 0 atom stereocenters. The van der Waals surface area contributed by atoms with Gasteiger partial charge in [0.1, 0.15) is 6.42 Å². The highest BCUT2D eigenvalue weighted by Gasteiger charge is 2.27. The van der Waals surface area contributed by atoms with E-state index in [9.17, 15) is 9.59 Å². The van der Waals surface area contributed by atoms with Gasteiger partial charge >= 0.3 is 0 Å². The number of hydrogen-bond acceptors (Lipinski definition) is 2. The number of rotatable bonds is 1. The van der Waals surface area contributed by atoms with Crippen LogP contribution >= 0.6 is 11.6 Å². The summed E-state index contributed by atoms with van der Waals surface area (Å²) in [5, 5.41) is 3.22. The smallest absolute Gasteiger partial charge is 0.236 e. The Morgan fingerprint density at radius 1 is 1.35 bits per heavy atom. The molecule has 0 saturated carbocycles. The third-order valence-electron chi connectivity index (χ3n) is 2.59. The molecule has 1 N–H and O–H groups in total. The number of carbonyl (C=O) groups excluding carboxylic acids is 2. The number of anilines is 2. The summed E-state index contributed by atoms with van der Waals surface area (Å²) in [6, 6.07) is 5.11. The molecule has 0 radical (unpaired) electrons. The zero-order valence-electron chi connectivity index (χ0n) is 9.66. The van der Waals surface area contributed by atoms with Gasteiger partial charge in [-0.25, -0.2) is 0 Å². The van der Waals surface area contributed by atoms with E-state index in [1.807, 2.05) is 13.8 Å². The fraction of sp³-hybridized carbons (Fsp3) is 0.333. The maximum Gasteiger partial charge on any atom is 0.236 e. The highest BCUT2D eigenvalue weighted by atomic mass is 35.5. The van der Waals surface area contributed by atoms with Crippen LogP contribution in [0.15, 0.2) is 18.2 Å². The summed E-state index contributed by atoms with van der Waals surface area (Å²) in [6.45, 7) is 3.82. The number of carbonyl (C=O) groups is 2. The van der Waals surface area contributed by atoms with Gasteiger partial charge in [-0.15, -0.1) is 0 Å². The minimum atomic E-state index is -0.304. The highest BCUT2D eigenvalue weighted by Crippen LogP contribution is 2.33. The van der Waals surface area contributed by atoms with Crippen molar-refractivity contribution in [1.29, 1.82) is 0 Å². The third kappa shape index (κ3) is 2.26. The molecule has 0 aliphatic carbocycles. The lowest BCUT2D eigenvalue weighted by atomic mass is 10.2. The molecule has 1 aromatic rings. The van der Waals surface area contributed by atoms with Crippen molar-refractivity contribution in [3.05, 3.63) is 23.2 Å². The van der Waals surface area contributed by atoms with Crippen LogP contribution < -0.4 is 10.2 Å². The summed E-state index contributed by atoms with van der Waals surface area (Å²) in [6.07, 6.45) is -0.134. The Morgan fingerprint density at radius 3 is 2.71 bits per heavy atom. The molecule has 0 spiro atoms. The predicted octanol–water partition coefficient (Wildman–Crippen LogP) is 2.42. The monoisotopic (exact) mass is 252 g/mol. The summed E-state index contributed by atoms with van der Waals surface area (Å²) >= 11 is 5.89. The van der Waals surface area contributed by atoms with Gasteiger partial charge in [0.05, 0.1) is 11.4 Å². The van der Waals surface area contributed by atoms with Crippen LogP contribution in [-0.2, 0) is 9.59 Å². The molecule has 1 aromatic carbocycles. The van der Waals surface area contributed by atoms with Gasteiger partial charge in [-0.1, -0.05) is 11.6 Å². The van der Waals surface area contributed by atoms with Crippen LogP contribution in [0, 0.1) is 0 Å². The number of fused-ring (bicyclic) bond motifs is 1. The lowest BCUT2D eigenvalue weighted by molar-refractivity contribution is -0.125. The molecule has 0 unspecified atom stereocenters. The van der Waals surface area contributed by atoms with E-state index in [4.69, 9.17) is 11.6 Å². The molecule has 4 nitrogen and oxygen atoms in total. The molecule has 1 aliphatic heterocycles. The first kappa shape index (κ1) is 11.9. The Bertz CT molecular complexity index is 485. The van der Waals surface area contributed by atoms with Crippen molar-refractivity contribution >= 4 is 34.8 Å². The van der Waals surface area contributed by atoms with Gasteiger partial charge < -0.3 is 10.2 Å². The normalized spacial score (nSPS) is 15.6. The Labute approximate surface area is 105 Å². The summed E-state index contributed by atoms with van der Waals surface area (Å²) in [5.41, 5.74) is 1.28. The van der Waals surface area contributed by atoms with E-state index in [0.717, 1.165) is 0 Å². The molecule has 2 rings (SSSR count). The van der Waals surface area contributed by atoms with E-state index in [2.05, 4.69) is 5.32 Å². The van der Waals surface area contributed by atoms with Crippen LogP contribution in [0.4, 0.5) is 11.4 Å². The van der Waals surface area contributed by atoms with Crippen molar-refractivity contribution in [2.45, 2.75) is 26.3 Å². The Balaban J connectivity index is 2.56. The van der Waals surface area contributed by atoms with Gasteiger partial charge in [-0.2, -0.15) is 0 Å². The summed E-state index contributed by atoms with van der Waals surface area (Å²) in [5.74, 6) is -0.500. The van der Waals surface area contributed by atoms with Crippen LogP contribution in [0.2, 0.25) is 5.02 Å². The Hall–Kier alpha value is -1.55. The largest absolute Gasteiger partial charge is 0.324 e. The lowest BCUT2D eigenvalue weighted by Gasteiger charge is -2.26. The number of halogens is 1. The highest BCUT2D eigenvalue weighted by molar-refractivity contribution is 6.31. The van der Waals surface area contributed by atoms with Gasteiger partial charge in [-0.3, -0.25) is 9.59 Å². The SMILES string of the molecule is CC(C)N1C(=O)CC(=O)Nc2cc(Cl)ccc21. The van der Waals surface area contributed by atoms with E-state index < -0.39 is 0 Å². The summed E-state index contributed by atoms with van der Waals surface area (Å²) in [4.78, 5) is 25.1. The lowest BCUT2D eigenvalue weighted by Crippen LogP contribution is -2.36. The molecule has 90 valence electrons. The first-order valence-corrected chi connectivity index (χ1v) is 5.78. The standard InChI is InChI=1S/C12H13ClN2O2/c1-7(2)15-10-4-3-8(13)5-9(10)14-11(16)6-12(15)17/h3-5,7H,6H2,1-2H3,(H,14,16). The molecule has 0 bridgehead atoms. The maximum atomic E-state index is 11.9. The van der Waals surface area contributed by atoms with Gasteiger partial charge in [0, 0.05) is 11.1 Å². The number of nitrogens with one attached hydrogen (secondary N) is 1. The molecule has 0 fully saturated rings. The van der Waals surface area contributed by atoms with E-state index in [-0.39, 0.29) is 24.3 Å². The van der Waals surface area contributed by atoms with Crippen molar-refractivity contribution in [1.82, 2.24) is 0 Å². The molecule has 1 heterocycles. The second-order valence-electron chi connectivity index (χ2n) is 4.24. The van der Waals surface area contributed by atoms with Crippen molar-refractivity contribution in [2.24, 2.45) is 0 Å². The van der Waals surface area contributed by atoms with E-state index in [0.29, 0.717) is 16.4 Å². The molecule has 5 heteroatoms. The minimum absolute atomic E-state index is 0.00451. The zero-order valence-corrected chi connectivity index (χ0v) is 10.4. The first-order chi connectivity index (χ1) is 7.99. The molecule has 0 saturated heterocycles. The van der Waals surface area contributed by atoms with Crippen LogP contribution in [0.3, 0.4) is 0 Å². The van der Waals surface area contributed by atoms with E-state index in [1.165, 1.54) is 0 Å².